The zero-order chi connectivity index (χ0) is 13.0. The zero-order valence-electron chi connectivity index (χ0n) is 10.2. The van der Waals surface area contributed by atoms with E-state index in [1.807, 2.05) is 23.1 Å². The second kappa shape index (κ2) is 6.20. The lowest BCUT2D eigenvalue weighted by atomic mass is 10.2. The molecular formula is C13H17BrN2O2. The van der Waals surface area contributed by atoms with Crippen molar-refractivity contribution < 1.29 is 9.53 Å². The van der Waals surface area contributed by atoms with E-state index >= 15 is 0 Å². The number of amides is 1. The number of carbonyl (C=O) groups is 1. The van der Waals surface area contributed by atoms with E-state index in [9.17, 15) is 4.79 Å². The van der Waals surface area contributed by atoms with Crippen LogP contribution in [-0.2, 0) is 11.3 Å². The van der Waals surface area contributed by atoms with Gasteiger partial charge in [-0.05, 0) is 36.6 Å². The average Bonchev–Trinajstić information content (AvgIpc) is 2.91. The number of nitrogens with two attached hydrogens (primary N) is 1. The third-order valence-corrected chi connectivity index (χ3v) is 3.83. The van der Waals surface area contributed by atoms with Crippen LogP contribution in [0.2, 0.25) is 0 Å². The van der Waals surface area contributed by atoms with Crippen molar-refractivity contribution in [3.63, 3.8) is 0 Å². The highest BCUT2D eigenvalue weighted by atomic mass is 79.9. The molecule has 0 unspecified atom stereocenters. The van der Waals surface area contributed by atoms with Crippen LogP contribution in [0.3, 0.4) is 0 Å². The maximum atomic E-state index is 11.8. The molecule has 0 atom stereocenters. The Morgan fingerprint density at radius 1 is 1.39 bits per heavy atom. The van der Waals surface area contributed by atoms with Gasteiger partial charge in [0.15, 0.2) is 6.61 Å². The van der Waals surface area contributed by atoms with Crippen molar-refractivity contribution in [1.29, 1.82) is 0 Å². The quantitative estimate of drug-likeness (QED) is 0.924. The molecule has 5 heteroatoms. The van der Waals surface area contributed by atoms with E-state index in [0.717, 1.165) is 36.0 Å². The van der Waals surface area contributed by atoms with Crippen molar-refractivity contribution in [2.24, 2.45) is 5.73 Å². The minimum Gasteiger partial charge on any atom is -0.484 e. The third-order valence-electron chi connectivity index (χ3n) is 3.06. The number of ether oxygens (including phenoxy) is 1. The predicted molar refractivity (Wildman–Crippen MR) is 73.3 cm³/mol. The van der Waals surface area contributed by atoms with Crippen LogP contribution in [0.1, 0.15) is 18.4 Å². The Bertz CT molecular complexity index is 431. The molecule has 18 heavy (non-hydrogen) atoms. The topological polar surface area (TPSA) is 55.6 Å². The number of likely N-dealkylation sites (tertiary alicyclic amines) is 1. The maximum absolute atomic E-state index is 11.8. The minimum absolute atomic E-state index is 0.0599. The van der Waals surface area contributed by atoms with Gasteiger partial charge in [0.1, 0.15) is 5.75 Å². The van der Waals surface area contributed by atoms with E-state index in [4.69, 9.17) is 10.5 Å². The molecule has 1 heterocycles. The van der Waals surface area contributed by atoms with Gasteiger partial charge in [-0.25, -0.2) is 0 Å². The van der Waals surface area contributed by atoms with Gasteiger partial charge in [-0.1, -0.05) is 15.9 Å². The fourth-order valence-electron chi connectivity index (χ4n) is 2.00. The average molecular weight is 313 g/mol. The molecule has 0 aromatic heterocycles. The van der Waals surface area contributed by atoms with Crippen LogP contribution in [0.15, 0.2) is 22.7 Å². The minimum atomic E-state index is 0.0599. The SMILES string of the molecule is NCc1cc(OCC(=O)N2CCCC2)ccc1Br. The molecule has 0 aliphatic carbocycles. The molecule has 1 aliphatic rings. The molecule has 1 saturated heterocycles. The number of rotatable bonds is 4. The molecule has 0 radical (unpaired) electrons. The summed E-state index contributed by atoms with van der Waals surface area (Å²) in [6.45, 7) is 2.26. The smallest absolute Gasteiger partial charge is 0.260 e. The van der Waals surface area contributed by atoms with Crippen LogP contribution in [0.5, 0.6) is 5.75 Å². The lowest BCUT2D eigenvalue weighted by molar-refractivity contribution is -0.132. The van der Waals surface area contributed by atoms with Crippen molar-refractivity contribution in [1.82, 2.24) is 4.90 Å². The highest BCUT2D eigenvalue weighted by Gasteiger charge is 2.18. The summed E-state index contributed by atoms with van der Waals surface area (Å²) < 4.78 is 6.47. The molecule has 0 bridgehead atoms. The van der Waals surface area contributed by atoms with Crippen molar-refractivity contribution in [2.45, 2.75) is 19.4 Å². The molecule has 1 aliphatic heterocycles. The van der Waals surface area contributed by atoms with Gasteiger partial charge in [-0.15, -0.1) is 0 Å². The number of benzene rings is 1. The van der Waals surface area contributed by atoms with Gasteiger partial charge in [0, 0.05) is 24.1 Å². The Kier molecular flexibility index (Phi) is 4.60. The van der Waals surface area contributed by atoms with Crippen LogP contribution >= 0.6 is 15.9 Å². The molecular weight excluding hydrogens is 296 g/mol. The summed E-state index contributed by atoms with van der Waals surface area (Å²) in [6.07, 6.45) is 2.20. The van der Waals surface area contributed by atoms with Crippen LogP contribution < -0.4 is 10.5 Å². The molecule has 4 nitrogen and oxygen atoms in total. The summed E-state index contributed by atoms with van der Waals surface area (Å²) in [5.74, 6) is 0.746. The lowest BCUT2D eigenvalue weighted by Crippen LogP contribution is -2.32. The zero-order valence-corrected chi connectivity index (χ0v) is 11.8. The van der Waals surface area contributed by atoms with E-state index in [-0.39, 0.29) is 12.5 Å². The molecule has 1 fully saturated rings. The van der Waals surface area contributed by atoms with E-state index in [2.05, 4.69) is 15.9 Å². The van der Waals surface area contributed by atoms with Crippen LogP contribution in [0.25, 0.3) is 0 Å². The highest BCUT2D eigenvalue weighted by Crippen LogP contribution is 2.22. The van der Waals surface area contributed by atoms with Crippen molar-refractivity contribution in [3.05, 3.63) is 28.2 Å². The summed E-state index contributed by atoms with van der Waals surface area (Å²) in [7, 11) is 0. The fourth-order valence-corrected chi connectivity index (χ4v) is 2.41. The Morgan fingerprint density at radius 2 is 2.11 bits per heavy atom. The molecule has 0 saturated carbocycles. The molecule has 1 amide bonds. The summed E-state index contributed by atoms with van der Waals surface area (Å²) in [4.78, 5) is 13.7. The van der Waals surface area contributed by atoms with E-state index in [1.165, 1.54) is 0 Å². The Labute approximate surface area is 115 Å². The van der Waals surface area contributed by atoms with Crippen molar-refractivity contribution in [2.75, 3.05) is 19.7 Å². The first-order valence-electron chi connectivity index (χ1n) is 6.10. The van der Waals surface area contributed by atoms with Crippen molar-refractivity contribution in [3.8, 4) is 5.75 Å². The Hall–Kier alpha value is -1.07. The fraction of sp³-hybridized carbons (Fsp3) is 0.462. The number of halogens is 1. The maximum Gasteiger partial charge on any atom is 0.260 e. The summed E-state index contributed by atoms with van der Waals surface area (Å²) in [6, 6.07) is 5.58. The second-order valence-corrected chi connectivity index (χ2v) is 5.19. The van der Waals surface area contributed by atoms with E-state index < -0.39 is 0 Å². The van der Waals surface area contributed by atoms with Gasteiger partial charge in [0.05, 0.1) is 0 Å². The first kappa shape index (κ1) is 13.4. The van der Waals surface area contributed by atoms with Crippen LogP contribution in [0.4, 0.5) is 0 Å². The first-order valence-corrected chi connectivity index (χ1v) is 6.89. The van der Waals surface area contributed by atoms with Gasteiger partial charge in [-0.2, -0.15) is 0 Å². The summed E-state index contributed by atoms with van der Waals surface area (Å²) >= 11 is 3.41. The molecule has 2 rings (SSSR count). The molecule has 1 aromatic carbocycles. The molecule has 1 aromatic rings. The normalized spacial score (nSPS) is 14.9. The molecule has 98 valence electrons. The Morgan fingerprint density at radius 3 is 2.78 bits per heavy atom. The monoisotopic (exact) mass is 312 g/mol. The standard InChI is InChI=1S/C13H17BrN2O2/c14-12-4-3-11(7-10(12)8-15)18-9-13(17)16-5-1-2-6-16/h3-4,7H,1-2,5-6,8-9,15H2. The lowest BCUT2D eigenvalue weighted by Gasteiger charge is -2.15. The second-order valence-electron chi connectivity index (χ2n) is 4.33. The molecule has 0 spiro atoms. The number of nitrogens with zero attached hydrogens (tertiary/aromatic N) is 1. The van der Waals surface area contributed by atoms with Crippen molar-refractivity contribution >= 4 is 21.8 Å². The van der Waals surface area contributed by atoms with Gasteiger partial charge in [0.2, 0.25) is 0 Å². The largest absolute Gasteiger partial charge is 0.484 e. The summed E-state index contributed by atoms with van der Waals surface area (Å²) in [5, 5.41) is 0. The van der Waals surface area contributed by atoms with Crippen LogP contribution in [0, 0.1) is 0 Å². The number of hydrogen-bond donors (Lipinski definition) is 1. The van der Waals surface area contributed by atoms with Gasteiger partial charge in [-0.3, -0.25) is 4.79 Å². The number of carbonyl (C=O) groups excluding carboxylic acids is 1. The Balaban J connectivity index is 1.91. The van der Waals surface area contributed by atoms with Gasteiger partial charge in [0.25, 0.3) is 5.91 Å². The first-order chi connectivity index (χ1) is 8.70. The van der Waals surface area contributed by atoms with E-state index in [1.54, 1.807) is 0 Å². The summed E-state index contributed by atoms with van der Waals surface area (Å²) in [5.41, 5.74) is 6.59. The number of hydrogen-bond acceptors (Lipinski definition) is 3. The van der Waals surface area contributed by atoms with Crippen LogP contribution in [-0.4, -0.2) is 30.5 Å². The predicted octanol–water partition coefficient (Wildman–Crippen LogP) is 1.91. The molecule has 2 N–H and O–H groups in total. The highest BCUT2D eigenvalue weighted by molar-refractivity contribution is 9.10. The van der Waals surface area contributed by atoms with E-state index in [0.29, 0.717) is 12.3 Å². The third kappa shape index (κ3) is 3.23. The van der Waals surface area contributed by atoms with Gasteiger partial charge >= 0.3 is 0 Å². The van der Waals surface area contributed by atoms with Gasteiger partial charge < -0.3 is 15.4 Å².